The number of benzene rings is 1. The number of nitriles is 1. The van der Waals surface area contributed by atoms with Gasteiger partial charge in [-0.25, -0.2) is 0 Å². The molecule has 5 nitrogen and oxygen atoms in total. The summed E-state index contributed by atoms with van der Waals surface area (Å²) < 4.78 is 16.6. The van der Waals surface area contributed by atoms with Gasteiger partial charge >= 0.3 is 0 Å². The van der Waals surface area contributed by atoms with Gasteiger partial charge in [0.25, 0.3) is 0 Å². The molecule has 1 aliphatic rings. The molecule has 0 amide bonds. The first-order valence-electron chi connectivity index (χ1n) is 7.41. The highest BCUT2D eigenvalue weighted by Gasteiger charge is 2.27. The third-order valence-electron chi connectivity index (χ3n) is 3.30. The molecule has 1 aromatic rings. The number of ether oxygens (including phenoxy) is 3. The van der Waals surface area contributed by atoms with E-state index in [0.29, 0.717) is 12.4 Å². The molecule has 1 heterocycles. The summed E-state index contributed by atoms with van der Waals surface area (Å²) in [7, 11) is 0. The van der Waals surface area contributed by atoms with Crippen LogP contribution in [0.4, 0.5) is 0 Å². The van der Waals surface area contributed by atoms with Gasteiger partial charge in [0.2, 0.25) is 5.79 Å². The number of nitrogens with zero attached hydrogens (tertiary/aromatic N) is 1. The molecule has 0 aliphatic carbocycles. The number of rotatable bonds is 7. The Kier molecular flexibility index (Phi) is 5.29. The Morgan fingerprint density at radius 1 is 1.32 bits per heavy atom. The molecule has 0 fully saturated rings. The molecule has 118 valence electrons. The first kappa shape index (κ1) is 16.2. The average molecular weight is 302 g/mol. The van der Waals surface area contributed by atoms with Crippen molar-refractivity contribution in [2.75, 3.05) is 6.61 Å². The molecule has 5 heteroatoms. The van der Waals surface area contributed by atoms with Crippen molar-refractivity contribution in [3.63, 3.8) is 0 Å². The van der Waals surface area contributed by atoms with Crippen LogP contribution in [-0.2, 0) is 15.9 Å². The van der Waals surface area contributed by atoms with Crippen LogP contribution in [0.15, 0.2) is 36.3 Å². The second kappa shape index (κ2) is 7.19. The van der Waals surface area contributed by atoms with Crippen molar-refractivity contribution in [1.29, 1.82) is 5.26 Å². The van der Waals surface area contributed by atoms with Gasteiger partial charge in [-0.1, -0.05) is 12.1 Å². The molecule has 0 saturated heterocycles. The lowest BCUT2D eigenvalue weighted by atomic mass is 10.1. The third kappa shape index (κ3) is 4.97. The minimum Gasteiger partial charge on any atom is -0.486 e. The van der Waals surface area contributed by atoms with E-state index in [9.17, 15) is 0 Å². The van der Waals surface area contributed by atoms with Crippen molar-refractivity contribution in [2.45, 2.75) is 44.9 Å². The molecule has 0 unspecified atom stereocenters. The van der Waals surface area contributed by atoms with Gasteiger partial charge in [0, 0.05) is 13.8 Å². The largest absolute Gasteiger partial charge is 0.486 e. The number of aryl methyl sites for hydroxylation is 1. The maximum Gasteiger partial charge on any atom is 0.244 e. The molecule has 0 bridgehead atoms. The molecule has 1 atom stereocenters. The summed E-state index contributed by atoms with van der Waals surface area (Å²) in [4.78, 5) is 0. The van der Waals surface area contributed by atoms with E-state index in [1.165, 1.54) is 5.56 Å². The van der Waals surface area contributed by atoms with Crippen molar-refractivity contribution in [3.8, 4) is 11.8 Å². The summed E-state index contributed by atoms with van der Waals surface area (Å²) in [5.41, 5.74) is 6.78. The highest BCUT2D eigenvalue weighted by Crippen LogP contribution is 2.25. The summed E-state index contributed by atoms with van der Waals surface area (Å²) in [5.74, 6) is 0.860. The Balaban J connectivity index is 1.74. The van der Waals surface area contributed by atoms with E-state index in [2.05, 4.69) is 0 Å². The molecule has 22 heavy (non-hydrogen) atoms. The Labute approximate surface area is 131 Å². The summed E-state index contributed by atoms with van der Waals surface area (Å²) in [6.07, 6.45) is 4.12. The van der Waals surface area contributed by atoms with E-state index >= 15 is 0 Å². The average Bonchev–Trinajstić information content (AvgIpc) is 2.85. The maximum absolute atomic E-state index is 8.63. The smallest absolute Gasteiger partial charge is 0.244 e. The van der Waals surface area contributed by atoms with Gasteiger partial charge in [0.05, 0.1) is 12.1 Å². The maximum atomic E-state index is 8.63. The molecule has 0 radical (unpaired) electrons. The lowest BCUT2D eigenvalue weighted by Gasteiger charge is -2.18. The molecule has 0 saturated carbocycles. The molecule has 0 spiro atoms. The van der Waals surface area contributed by atoms with Crippen LogP contribution >= 0.6 is 0 Å². The predicted octanol–water partition coefficient (Wildman–Crippen LogP) is 2.86. The monoisotopic (exact) mass is 302 g/mol. The summed E-state index contributed by atoms with van der Waals surface area (Å²) >= 11 is 0. The predicted molar refractivity (Wildman–Crippen MR) is 82.8 cm³/mol. The molecular formula is C17H22N2O3. The van der Waals surface area contributed by atoms with Crippen LogP contribution < -0.4 is 10.5 Å². The molecule has 1 aliphatic heterocycles. The highest BCUT2D eigenvalue weighted by atomic mass is 16.7. The number of nitrogens with two attached hydrogens (primary N) is 1. The lowest BCUT2D eigenvalue weighted by molar-refractivity contribution is -0.119. The van der Waals surface area contributed by atoms with Gasteiger partial charge in [-0.15, -0.1) is 0 Å². The van der Waals surface area contributed by atoms with E-state index in [1.807, 2.05) is 44.2 Å². The van der Waals surface area contributed by atoms with Gasteiger partial charge < -0.3 is 19.9 Å². The van der Waals surface area contributed by atoms with Gasteiger partial charge in [-0.2, -0.15) is 5.26 Å². The first-order chi connectivity index (χ1) is 10.5. The minimum absolute atomic E-state index is 0.347. The minimum atomic E-state index is -0.604. The van der Waals surface area contributed by atoms with Crippen LogP contribution in [0.1, 0.15) is 32.3 Å². The van der Waals surface area contributed by atoms with Crippen molar-refractivity contribution in [1.82, 2.24) is 0 Å². The molecule has 0 aromatic heterocycles. The van der Waals surface area contributed by atoms with E-state index in [4.69, 9.17) is 25.2 Å². The van der Waals surface area contributed by atoms with E-state index in [1.54, 1.807) is 6.26 Å². The van der Waals surface area contributed by atoms with Gasteiger partial charge in [-0.3, -0.25) is 0 Å². The van der Waals surface area contributed by atoms with Gasteiger partial charge in [0.15, 0.2) is 5.76 Å². The summed E-state index contributed by atoms with van der Waals surface area (Å²) in [5, 5.41) is 8.63. The van der Waals surface area contributed by atoms with Crippen LogP contribution in [0.5, 0.6) is 5.75 Å². The van der Waals surface area contributed by atoms with Crippen molar-refractivity contribution < 1.29 is 14.2 Å². The van der Waals surface area contributed by atoms with Crippen LogP contribution in [0.3, 0.4) is 0 Å². The second-order valence-electron chi connectivity index (χ2n) is 5.76. The second-order valence-corrected chi connectivity index (χ2v) is 5.76. The zero-order chi connectivity index (χ0) is 16.0. The fraction of sp³-hybridized carbons (Fsp3) is 0.471. The van der Waals surface area contributed by atoms with Gasteiger partial charge in [0.1, 0.15) is 18.6 Å². The quantitative estimate of drug-likeness (QED) is 0.838. The van der Waals surface area contributed by atoms with Crippen LogP contribution in [0, 0.1) is 11.3 Å². The van der Waals surface area contributed by atoms with Crippen molar-refractivity contribution >= 4 is 0 Å². The van der Waals surface area contributed by atoms with E-state index in [-0.39, 0.29) is 6.04 Å². The molecule has 2 rings (SSSR count). The Morgan fingerprint density at radius 3 is 2.64 bits per heavy atom. The first-order valence-corrected chi connectivity index (χ1v) is 7.41. The SMILES string of the molecule is CC1(C)OC=C(COc2ccc(CCC[C@@H](N)C#N)cc2)O1. The van der Waals surface area contributed by atoms with Crippen LogP contribution in [0.2, 0.25) is 0 Å². The van der Waals surface area contributed by atoms with Crippen LogP contribution in [-0.4, -0.2) is 18.4 Å². The number of hydrogen-bond acceptors (Lipinski definition) is 5. The zero-order valence-corrected chi connectivity index (χ0v) is 13.0. The fourth-order valence-corrected chi connectivity index (χ4v) is 2.13. The van der Waals surface area contributed by atoms with Crippen molar-refractivity contribution in [3.05, 3.63) is 41.9 Å². The third-order valence-corrected chi connectivity index (χ3v) is 3.30. The van der Waals surface area contributed by atoms with Gasteiger partial charge in [-0.05, 0) is 37.0 Å². The summed E-state index contributed by atoms with van der Waals surface area (Å²) in [6.45, 7) is 4.05. The topological polar surface area (TPSA) is 77.5 Å². The molecule has 2 N–H and O–H groups in total. The Bertz CT molecular complexity index is 558. The normalized spacial score (nSPS) is 16.9. The van der Waals surface area contributed by atoms with Crippen LogP contribution in [0.25, 0.3) is 0 Å². The van der Waals surface area contributed by atoms with Crippen molar-refractivity contribution in [2.24, 2.45) is 5.73 Å². The van der Waals surface area contributed by atoms with E-state index < -0.39 is 5.79 Å². The zero-order valence-electron chi connectivity index (χ0n) is 13.0. The Morgan fingerprint density at radius 2 is 2.05 bits per heavy atom. The van der Waals surface area contributed by atoms with E-state index in [0.717, 1.165) is 25.0 Å². The number of hydrogen-bond donors (Lipinski definition) is 1. The highest BCUT2D eigenvalue weighted by molar-refractivity contribution is 5.27. The molecular weight excluding hydrogens is 280 g/mol. The standard InChI is InChI=1S/C17H22N2O3/c1-17(2)21-12-16(22-17)11-20-15-8-6-13(7-9-15)4-3-5-14(19)10-18/h6-9,12,14H,3-5,11,19H2,1-2H3/t14-/m1/s1. The summed E-state index contributed by atoms with van der Waals surface area (Å²) in [6, 6.07) is 9.59. The fourth-order valence-electron chi connectivity index (χ4n) is 2.13. The Hall–Kier alpha value is -2.19. The molecule has 1 aromatic carbocycles. The lowest BCUT2D eigenvalue weighted by Crippen LogP contribution is -2.21.